The van der Waals surface area contributed by atoms with Crippen molar-refractivity contribution in [3.05, 3.63) is 48.8 Å². The molecule has 0 radical (unpaired) electrons. The van der Waals surface area contributed by atoms with Gasteiger partial charge in [-0.2, -0.15) is 0 Å². The van der Waals surface area contributed by atoms with Crippen LogP contribution in [-0.4, -0.2) is 9.97 Å². The zero-order chi connectivity index (χ0) is 8.93. The lowest BCUT2D eigenvalue weighted by atomic mass is 10.5. The van der Waals surface area contributed by atoms with E-state index in [2.05, 4.69) is 9.97 Å². The van der Waals surface area contributed by atoms with E-state index in [1.165, 1.54) is 0 Å². The molecule has 2 aromatic heterocycles. The first-order chi connectivity index (χ1) is 6.45. The minimum Gasteiger partial charge on any atom is -0.256 e. The molecule has 0 N–H and O–H groups in total. The van der Waals surface area contributed by atoms with Crippen LogP contribution in [0.15, 0.2) is 48.8 Å². The number of rotatable bonds is 2. The molecule has 0 atom stereocenters. The Kier molecular flexibility index (Phi) is 2.63. The molecule has 2 heterocycles. The summed E-state index contributed by atoms with van der Waals surface area (Å²) >= 11 is 0. The van der Waals surface area contributed by atoms with Crippen LogP contribution < -0.4 is 10.9 Å². The second kappa shape index (κ2) is 4.11. The summed E-state index contributed by atoms with van der Waals surface area (Å²) in [6, 6.07) is 11.9. The normalized spacial score (nSPS) is 9.85. The molecule has 0 amide bonds. The third-order valence-corrected chi connectivity index (χ3v) is 2.69. The average molecular weight is 188 g/mol. The van der Waals surface area contributed by atoms with Crippen molar-refractivity contribution in [2.75, 3.05) is 0 Å². The molecule has 2 rings (SSSR count). The predicted molar refractivity (Wildman–Crippen MR) is 56.1 cm³/mol. The van der Waals surface area contributed by atoms with Crippen molar-refractivity contribution in [1.29, 1.82) is 0 Å². The Morgan fingerprint density at radius 3 is 1.69 bits per heavy atom. The smallest absolute Gasteiger partial charge is 0.0661 e. The Labute approximate surface area is 78.8 Å². The molecule has 0 unspecified atom stereocenters. The van der Waals surface area contributed by atoms with Gasteiger partial charge in [0.25, 0.3) is 0 Å². The van der Waals surface area contributed by atoms with E-state index in [1.807, 2.05) is 48.8 Å². The van der Waals surface area contributed by atoms with Crippen LogP contribution in [0.5, 0.6) is 0 Å². The highest BCUT2D eigenvalue weighted by Crippen LogP contribution is 2.04. The van der Waals surface area contributed by atoms with Crippen molar-refractivity contribution >= 4 is 19.5 Å². The monoisotopic (exact) mass is 188 g/mol. The Bertz CT molecular complexity index is 324. The van der Waals surface area contributed by atoms with Gasteiger partial charge in [-0.3, -0.25) is 9.97 Å². The molecule has 3 heteroatoms. The highest BCUT2D eigenvalue weighted by Gasteiger charge is 1.95. The molecule has 0 saturated carbocycles. The van der Waals surface area contributed by atoms with Crippen molar-refractivity contribution in [3.63, 3.8) is 0 Å². The maximum atomic E-state index is 4.25. The topological polar surface area (TPSA) is 25.8 Å². The molecule has 0 fully saturated rings. The lowest BCUT2D eigenvalue weighted by Crippen LogP contribution is -2.08. The van der Waals surface area contributed by atoms with Gasteiger partial charge < -0.3 is 0 Å². The van der Waals surface area contributed by atoms with Crippen LogP contribution in [0.4, 0.5) is 0 Å². The lowest BCUT2D eigenvalue weighted by Gasteiger charge is -1.98. The Morgan fingerprint density at radius 1 is 0.769 bits per heavy atom. The van der Waals surface area contributed by atoms with E-state index in [4.69, 9.17) is 0 Å². The molecule has 2 nitrogen and oxygen atoms in total. The zero-order valence-electron chi connectivity index (χ0n) is 7.01. The summed E-state index contributed by atoms with van der Waals surface area (Å²) in [5, 5.41) is 0. The lowest BCUT2D eigenvalue weighted by molar-refractivity contribution is 1.38. The summed E-state index contributed by atoms with van der Waals surface area (Å²) in [6.07, 6.45) is 3.62. The fourth-order valence-corrected chi connectivity index (χ4v) is 1.90. The molecule has 0 aromatic carbocycles. The molecule has 0 aliphatic heterocycles. The molecular formula is C10H9N2P. The van der Waals surface area contributed by atoms with E-state index in [1.54, 1.807) is 0 Å². The third kappa shape index (κ3) is 2.33. The second-order valence-corrected chi connectivity index (χ2v) is 3.83. The van der Waals surface area contributed by atoms with Gasteiger partial charge in [0.2, 0.25) is 0 Å². The van der Waals surface area contributed by atoms with E-state index in [0.717, 1.165) is 10.9 Å². The molecule has 0 spiro atoms. The quantitative estimate of drug-likeness (QED) is 0.659. The SMILES string of the molecule is c1ccc(Pc2ccccn2)nc1. The van der Waals surface area contributed by atoms with Gasteiger partial charge >= 0.3 is 0 Å². The zero-order valence-corrected chi connectivity index (χ0v) is 8.01. The standard InChI is InChI=1S/C10H9N2P/c1-3-7-11-9(5-1)13-10-6-2-4-8-12-10/h1-8,13H. The van der Waals surface area contributed by atoms with Crippen molar-refractivity contribution in [3.8, 4) is 0 Å². The van der Waals surface area contributed by atoms with Crippen molar-refractivity contribution < 1.29 is 0 Å². The largest absolute Gasteiger partial charge is 0.256 e. The first kappa shape index (κ1) is 8.33. The number of aromatic nitrogens is 2. The summed E-state index contributed by atoms with van der Waals surface area (Å²) in [5.74, 6) is 0. The molecule has 64 valence electrons. The van der Waals surface area contributed by atoms with Crippen molar-refractivity contribution in [2.24, 2.45) is 0 Å². The highest BCUT2D eigenvalue weighted by molar-refractivity contribution is 7.54. The number of nitrogens with zero attached hydrogens (tertiary/aromatic N) is 2. The third-order valence-electron chi connectivity index (χ3n) is 1.59. The van der Waals surface area contributed by atoms with Crippen LogP contribution in [0.2, 0.25) is 0 Å². The number of pyridine rings is 2. The van der Waals surface area contributed by atoms with E-state index in [-0.39, 0.29) is 0 Å². The van der Waals surface area contributed by atoms with Crippen LogP contribution in [0.25, 0.3) is 0 Å². The fourth-order valence-electron chi connectivity index (χ4n) is 1.00. The summed E-state index contributed by atoms with van der Waals surface area (Å²) in [6.45, 7) is 0. The first-order valence-corrected chi connectivity index (χ1v) is 5.04. The highest BCUT2D eigenvalue weighted by atomic mass is 31.1. The van der Waals surface area contributed by atoms with Gasteiger partial charge in [0.05, 0.1) is 10.9 Å². The average Bonchev–Trinajstić information content (AvgIpc) is 2.21. The van der Waals surface area contributed by atoms with Gasteiger partial charge in [-0.15, -0.1) is 0 Å². The second-order valence-electron chi connectivity index (χ2n) is 2.55. The molecule has 0 aliphatic carbocycles. The predicted octanol–water partition coefficient (Wildman–Crippen LogP) is 1.11. The van der Waals surface area contributed by atoms with E-state index in [0.29, 0.717) is 8.58 Å². The Balaban J connectivity index is 2.16. The minimum atomic E-state index is 0.555. The first-order valence-electron chi connectivity index (χ1n) is 4.04. The molecule has 0 saturated heterocycles. The molecule has 0 bridgehead atoms. The summed E-state index contributed by atoms with van der Waals surface area (Å²) in [4.78, 5) is 8.49. The molecule has 2 aromatic rings. The van der Waals surface area contributed by atoms with E-state index < -0.39 is 0 Å². The van der Waals surface area contributed by atoms with Gasteiger partial charge in [0.15, 0.2) is 0 Å². The van der Waals surface area contributed by atoms with Gasteiger partial charge in [-0.05, 0) is 32.8 Å². The summed E-state index contributed by atoms with van der Waals surface area (Å²) < 4.78 is 0. The number of hydrogen-bond acceptors (Lipinski definition) is 2. The van der Waals surface area contributed by atoms with Gasteiger partial charge in [0, 0.05) is 12.4 Å². The van der Waals surface area contributed by atoms with Gasteiger partial charge in [-0.1, -0.05) is 12.1 Å². The van der Waals surface area contributed by atoms with Crippen LogP contribution in [-0.2, 0) is 0 Å². The van der Waals surface area contributed by atoms with Gasteiger partial charge in [0.1, 0.15) is 0 Å². The minimum absolute atomic E-state index is 0.555. The van der Waals surface area contributed by atoms with E-state index >= 15 is 0 Å². The molecular weight excluding hydrogens is 179 g/mol. The van der Waals surface area contributed by atoms with Crippen LogP contribution >= 0.6 is 8.58 Å². The van der Waals surface area contributed by atoms with Gasteiger partial charge in [-0.25, -0.2) is 0 Å². The fraction of sp³-hybridized carbons (Fsp3) is 0. The Morgan fingerprint density at radius 2 is 1.31 bits per heavy atom. The molecule has 13 heavy (non-hydrogen) atoms. The Hall–Kier alpha value is -1.27. The summed E-state index contributed by atoms with van der Waals surface area (Å²) in [7, 11) is 0.555. The van der Waals surface area contributed by atoms with Crippen molar-refractivity contribution in [1.82, 2.24) is 9.97 Å². The van der Waals surface area contributed by atoms with Crippen LogP contribution in [0, 0.1) is 0 Å². The maximum Gasteiger partial charge on any atom is 0.0661 e. The van der Waals surface area contributed by atoms with E-state index in [9.17, 15) is 0 Å². The summed E-state index contributed by atoms with van der Waals surface area (Å²) in [5.41, 5.74) is 2.17. The van der Waals surface area contributed by atoms with Crippen LogP contribution in [0.3, 0.4) is 0 Å². The number of hydrogen-bond donors (Lipinski definition) is 0. The maximum absolute atomic E-state index is 4.25. The van der Waals surface area contributed by atoms with Crippen LogP contribution in [0.1, 0.15) is 0 Å². The molecule has 0 aliphatic rings. The van der Waals surface area contributed by atoms with Crippen molar-refractivity contribution in [2.45, 2.75) is 0 Å².